The summed E-state index contributed by atoms with van der Waals surface area (Å²) in [6.07, 6.45) is 0.407. The first kappa shape index (κ1) is 14.5. The standard InChI is InChI=1S/C11H10F3N3O2S/c12-7-1-9(14)10(2-8(7)13)15-3-6(18)5-19-11-4-16-20-17-11/h1-2,4,6,15,18H,3,5H2. The van der Waals surface area contributed by atoms with Crippen LogP contribution in [0.2, 0.25) is 0 Å². The molecule has 2 rings (SSSR count). The van der Waals surface area contributed by atoms with Crippen molar-refractivity contribution in [3.63, 3.8) is 0 Å². The lowest BCUT2D eigenvalue weighted by Crippen LogP contribution is -2.26. The highest BCUT2D eigenvalue weighted by Gasteiger charge is 2.12. The molecule has 0 saturated carbocycles. The number of aliphatic hydroxyl groups is 1. The highest BCUT2D eigenvalue weighted by molar-refractivity contribution is 6.99. The van der Waals surface area contributed by atoms with E-state index in [1.807, 2.05) is 0 Å². The van der Waals surface area contributed by atoms with Crippen molar-refractivity contribution in [2.75, 3.05) is 18.5 Å². The van der Waals surface area contributed by atoms with Gasteiger partial charge in [-0.15, -0.1) is 4.37 Å². The molecule has 0 spiro atoms. The van der Waals surface area contributed by atoms with Crippen molar-refractivity contribution in [3.05, 3.63) is 35.8 Å². The summed E-state index contributed by atoms with van der Waals surface area (Å²) in [5, 5.41) is 12.1. The van der Waals surface area contributed by atoms with Crippen molar-refractivity contribution < 1.29 is 23.0 Å². The second-order valence-electron chi connectivity index (χ2n) is 3.84. The molecule has 0 amide bonds. The summed E-state index contributed by atoms with van der Waals surface area (Å²) in [5.74, 6) is -3.12. The lowest BCUT2D eigenvalue weighted by atomic mass is 10.2. The van der Waals surface area contributed by atoms with Gasteiger partial charge < -0.3 is 15.2 Å². The number of hydrogen-bond acceptors (Lipinski definition) is 6. The first-order valence-corrected chi connectivity index (χ1v) is 6.26. The number of rotatable bonds is 6. The highest BCUT2D eigenvalue weighted by atomic mass is 32.1. The average molecular weight is 305 g/mol. The highest BCUT2D eigenvalue weighted by Crippen LogP contribution is 2.18. The van der Waals surface area contributed by atoms with E-state index in [9.17, 15) is 18.3 Å². The number of halogens is 3. The SMILES string of the molecule is OC(CNc1cc(F)c(F)cc1F)COc1cnsn1. The van der Waals surface area contributed by atoms with Crippen molar-refractivity contribution in [2.24, 2.45) is 0 Å². The van der Waals surface area contributed by atoms with E-state index in [-0.39, 0.29) is 24.7 Å². The van der Waals surface area contributed by atoms with Crippen LogP contribution in [-0.2, 0) is 0 Å². The quantitative estimate of drug-likeness (QED) is 0.797. The average Bonchev–Trinajstić information content (AvgIpc) is 2.92. The molecule has 0 aliphatic rings. The van der Waals surface area contributed by atoms with Gasteiger partial charge in [0.15, 0.2) is 11.6 Å². The summed E-state index contributed by atoms with van der Waals surface area (Å²) in [6, 6.07) is 1.12. The van der Waals surface area contributed by atoms with Gasteiger partial charge in [0.05, 0.1) is 17.4 Å². The van der Waals surface area contributed by atoms with Gasteiger partial charge in [-0.05, 0) is 0 Å². The Bertz CT molecular complexity index is 568. The van der Waals surface area contributed by atoms with Crippen LogP contribution in [0.15, 0.2) is 18.3 Å². The van der Waals surface area contributed by atoms with Crippen molar-refractivity contribution in [1.82, 2.24) is 8.75 Å². The van der Waals surface area contributed by atoms with E-state index in [1.54, 1.807) is 0 Å². The molecule has 0 radical (unpaired) electrons. The molecule has 1 unspecified atom stereocenters. The van der Waals surface area contributed by atoms with Crippen molar-refractivity contribution in [1.29, 1.82) is 0 Å². The summed E-state index contributed by atoms with van der Waals surface area (Å²) in [6.45, 7) is -0.191. The molecule has 1 aromatic heterocycles. The molecular weight excluding hydrogens is 295 g/mol. The van der Waals surface area contributed by atoms with E-state index in [2.05, 4.69) is 14.1 Å². The van der Waals surface area contributed by atoms with Crippen LogP contribution in [-0.4, -0.2) is 33.1 Å². The third kappa shape index (κ3) is 3.81. The third-order valence-electron chi connectivity index (χ3n) is 2.30. The van der Waals surface area contributed by atoms with Gasteiger partial charge in [-0.2, -0.15) is 4.37 Å². The molecule has 20 heavy (non-hydrogen) atoms. The second-order valence-corrected chi connectivity index (χ2v) is 4.39. The van der Waals surface area contributed by atoms with E-state index < -0.39 is 23.6 Å². The summed E-state index contributed by atoms with van der Waals surface area (Å²) in [4.78, 5) is 0. The zero-order valence-corrected chi connectivity index (χ0v) is 10.8. The maximum absolute atomic E-state index is 13.3. The summed E-state index contributed by atoms with van der Waals surface area (Å²) in [5.41, 5.74) is -0.238. The minimum atomic E-state index is -1.27. The molecule has 1 aromatic carbocycles. The summed E-state index contributed by atoms with van der Waals surface area (Å²) in [7, 11) is 0. The smallest absolute Gasteiger partial charge is 0.245 e. The Morgan fingerprint density at radius 3 is 2.70 bits per heavy atom. The maximum Gasteiger partial charge on any atom is 0.245 e. The molecule has 2 N–H and O–H groups in total. The monoisotopic (exact) mass is 305 g/mol. The van der Waals surface area contributed by atoms with Crippen LogP contribution < -0.4 is 10.1 Å². The van der Waals surface area contributed by atoms with Crippen molar-refractivity contribution >= 4 is 17.4 Å². The number of aliphatic hydroxyl groups excluding tert-OH is 1. The number of benzene rings is 1. The Kier molecular flexibility index (Phi) is 4.74. The second kappa shape index (κ2) is 6.53. The fourth-order valence-corrected chi connectivity index (χ4v) is 1.71. The number of aromatic nitrogens is 2. The van der Waals surface area contributed by atoms with Gasteiger partial charge in [0, 0.05) is 18.7 Å². The minimum absolute atomic E-state index is 0.0935. The number of nitrogens with one attached hydrogen (secondary N) is 1. The predicted molar refractivity (Wildman–Crippen MR) is 66.2 cm³/mol. The molecule has 1 heterocycles. The first-order valence-electron chi connectivity index (χ1n) is 5.53. The largest absolute Gasteiger partial charge is 0.473 e. The summed E-state index contributed by atoms with van der Waals surface area (Å²) >= 11 is 0.957. The zero-order valence-electron chi connectivity index (χ0n) is 10.0. The van der Waals surface area contributed by atoms with Gasteiger partial charge in [-0.3, -0.25) is 0 Å². The van der Waals surface area contributed by atoms with E-state index in [0.29, 0.717) is 12.1 Å². The number of ether oxygens (including phenoxy) is 1. The Balaban J connectivity index is 1.84. The molecule has 108 valence electrons. The molecule has 0 aliphatic heterocycles. The molecule has 0 aliphatic carbocycles. The molecule has 5 nitrogen and oxygen atoms in total. The van der Waals surface area contributed by atoms with Gasteiger partial charge in [-0.1, -0.05) is 0 Å². The van der Waals surface area contributed by atoms with Crippen LogP contribution in [0.4, 0.5) is 18.9 Å². The fraction of sp³-hybridized carbons (Fsp3) is 0.273. The van der Waals surface area contributed by atoms with Crippen LogP contribution in [0.25, 0.3) is 0 Å². The lowest BCUT2D eigenvalue weighted by Gasteiger charge is -2.13. The minimum Gasteiger partial charge on any atom is -0.473 e. The van der Waals surface area contributed by atoms with Crippen molar-refractivity contribution in [3.8, 4) is 5.88 Å². The fourth-order valence-electron chi connectivity index (χ4n) is 1.35. The Morgan fingerprint density at radius 2 is 2.00 bits per heavy atom. The topological polar surface area (TPSA) is 67.3 Å². The molecule has 0 fully saturated rings. The Hall–Kier alpha value is -1.87. The van der Waals surface area contributed by atoms with Crippen LogP contribution in [0.5, 0.6) is 5.88 Å². The lowest BCUT2D eigenvalue weighted by molar-refractivity contribution is 0.115. The van der Waals surface area contributed by atoms with E-state index in [0.717, 1.165) is 11.7 Å². The summed E-state index contributed by atoms with van der Waals surface area (Å²) < 4.78 is 51.5. The van der Waals surface area contributed by atoms with Crippen molar-refractivity contribution in [2.45, 2.75) is 6.10 Å². The van der Waals surface area contributed by atoms with E-state index in [1.165, 1.54) is 6.20 Å². The normalized spacial score (nSPS) is 12.2. The van der Waals surface area contributed by atoms with Gasteiger partial charge in [-0.25, -0.2) is 13.2 Å². The van der Waals surface area contributed by atoms with Gasteiger partial charge in [0.2, 0.25) is 5.88 Å². The van der Waals surface area contributed by atoms with Gasteiger partial charge in [0.25, 0.3) is 0 Å². The van der Waals surface area contributed by atoms with Gasteiger partial charge >= 0.3 is 0 Å². The molecule has 2 aromatic rings. The third-order valence-corrected chi connectivity index (χ3v) is 2.76. The van der Waals surface area contributed by atoms with E-state index in [4.69, 9.17) is 4.74 Å². The number of nitrogens with zero attached hydrogens (tertiary/aromatic N) is 2. The zero-order chi connectivity index (χ0) is 14.5. The maximum atomic E-state index is 13.3. The molecule has 9 heteroatoms. The van der Waals surface area contributed by atoms with E-state index >= 15 is 0 Å². The molecule has 0 saturated heterocycles. The molecular formula is C11H10F3N3O2S. The molecule has 0 bridgehead atoms. The first-order chi connectivity index (χ1) is 9.56. The number of hydrogen-bond donors (Lipinski definition) is 2. The van der Waals surface area contributed by atoms with Gasteiger partial charge in [0.1, 0.15) is 24.7 Å². The van der Waals surface area contributed by atoms with Crippen LogP contribution in [0.1, 0.15) is 0 Å². The number of anilines is 1. The van der Waals surface area contributed by atoms with Crippen LogP contribution in [0, 0.1) is 17.5 Å². The molecule has 1 atom stereocenters. The Labute approximate surface area is 116 Å². The predicted octanol–water partition coefficient (Wildman–Crippen LogP) is 1.81. The van der Waals surface area contributed by atoms with Crippen LogP contribution in [0.3, 0.4) is 0 Å². The Morgan fingerprint density at radius 1 is 1.25 bits per heavy atom. The van der Waals surface area contributed by atoms with Crippen LogP contribution >= 0.6 is 11.7 Å².